The molecule has 0 fully saturated rings. The summed E-state index contributed by atoms with van der Waals surface area (Å²) in [5.41, 5.74) is 3.75. The summed E-state index contributed by atoms with van der Waals surface area (Å²) in [6.07, 6.45) is 1.67. The van der Waals surface area contributed by atoms with Gasteiger partial charge in [0.15, 0.2) is 5.82 Å². The highest BCUT2D eigenvalue weighted by molar-refractivity contribution is 5.81. The van der Waals surface area contributed by atoms with E-state index in [4.69, 9.17) is 0 Å². The topological polar surface area (TPSA) is 43.6 Å². The van der Waals surface area contributed by atoms with Crippen LogP contribution in [0.15, 0.2) is 48.7 Å². The first-order valence-electron chi connectivity index (χ1n) is 6.56. The second-order valence-corrected chi connectivity index (χ2v) is 4.87. The maximum atomic E-state index is 13.3. The molecule has 0 spiro atoms. The molecule has 0 aliphatic rings. The van der Waals surface area contributed by atoms with Crippen LogP contribution in [0, 0.1) is 5.82 Å². The first-order valence-corrected chi connectivity index (χ1v) is 6.56. The van der Waals surface area contributed by atoms with E-state index in [0.29, 0.717) is 16.7 Å². The lowest BCUT2D eigenvalue weighted by Gasteiger charge is -2.03. The molecular weight excluding hydrogens is 267 g/mol. The molecule has 102 valence electrons. The summed E-state index contributed by atoms with van der Waals surface area (Å²) in [6, 6.07) is 12.2. The van der Waals surface area contributed by atoms with Crippen LogP contribution in [0.4, 0.5) is 4.39 Å². The van der Waals surface area contributed by atoms with Crippen molar-refractivity contribution in [2.24, 2.45) is 7.05 Å². The zero-order valence-corrected chi connectivity index (χ0v) is 11.3. The lowest BCUT2D eigenvalue weighted by molar-refractivity contribution is 0.629. The van der Waals surface area contributed by atoms with Crippen LogP contribution in [0.1, 0.15) is 0 Å². The number of hydrogen-bond acceptors (Lipinski definition) is 3. The van der Waals surface area contributed by atoms with Gasteiger partial charge in [0.2, 0.25) is 0 Å². The summed E-state index contributed by atoms with van der Waals surface area (Å²) in [7, 11) is 1.93. The molecule has 0 bridgehead atoms. The van der Waals surface area contributed by atoms with E-state index in [1.54, 1.807) is 12.3 Å². The Balaban J connectivity index is 1.97. The lowest BCUT2D eigenvalue weighted by Crippen LogP contribution is -1.96. The Morgan fingerprint density at radius 2 is 1.81 bits per heavy atom. The Hall–Kier alpha value is -2.82. The van der Waals surface area contributed by atoms with Crippen molar-refractivity contribution in [1.29, 1.82) is 0 Å². The highest BCUT2D eigenvalue weighted by atomic mass is 19.1. The summed E-state index contributed by atoms with van der Waals surface area (Å²) in [5, 5.41) is 0. The van der Waals surface area contributed by atoms with Crippen LogP contribution in [0.25, 0.3) is 33.6 Å². The summed E-state index contributed by atoms with van der Waals surface area (Å²) in [4.78, 5) is 13.4. The van der Waals surface area contributed by atoms with E-state index >= 15 is 0 Å². The quantitative estimate of drug-likeness (QED) is 0.536. The zero-order chi connectivity index (χ0) is 14.4. The van der Waals surface area contributed by atoms with E-state index in [2.05, 4.69) is 15.0 Å². The number of fused-ring (bicyclic) bond motifs is 2. The van der Waals surface area contributed by atoms with Gasteiger partial charge in [-0.3, -0.25) is 4.98 Å². The van der Waals surface area contributed by atoms with E-state index < -0.39 is 0 Å². The van der Waals surface area contributed by atoms with Gasteiger partial charge < -0.3 is 4.57 Å². The van der Waals surface area contributed by atoms with Gasteiger partial charge in [0.25, 0.3) is 0 Å². The number of nitrogens with zero attached hydrogens (tertiary/aromatic N) is 4. The number of aromatic nitrogens is 4. The van der Waals surface area contributed by atoms with Gasteiger partial charge in [-0.25, -0.2) is 14.4 Å². The Morgan fingerprint density at radius 1 is 0.952 bits per heavy atom. The van der Waals surface area contributed by atoms with Gasteiger partial charge in [-0.1, -0.05) is 12.1 Å². The summed E-state index contributed by atoms with van der Waals surface area (Å²) >= 11 is 0. The van der Waals surface area contributed by atoms with Crippen LogP contribution < -0.4 is 0 Å². The second kappa shape index (κ2) is 4.34. The fraction of sp³-hybridized carbons (Fsp3) is 0.0625. The molecule has 0 saturated heterocycles. The zero-order valence-electron chi connectivity index (χ0n) is 11.3. The molecule has 0 radical (unpaired) electrons. The number of para-hydroxylation sites is 2. The number of rotatable bonds is 1. The lowest BCUT2D eigenvalue weighted by atomic mass is 10.3. The molecule has 2 aromatic carbocycles. The molecule has 21 heavy (non-hydrogen) atoms. The monoisotopic (exact) mass is 278 g/mol. The van der Waals surface area contributed by atoms with Gasteiger partial charge in [0, 0.05) is 13.1 Å². The van der Waals surface area contributed by atoms with Crippen molar-refractivity contribution in [2.75, 3.05) is 0 Å². The van der Waals surface area contributed by atoms with Crippen LogP contribution in [-0.2, 0) is 7.05 Å². The molecule has 0 amide bonds. The van der Waals surface area contributed by atoms with Crippen molar-refractivity contribution in [3.63, 3.8) is 0 Å². The van der Waals surface area contributed by atoms with Gasteiger partial charge >= 0.3 is 0 Å². The molecule has 5 heteroatoms. The van der Waals surface area contributed by atoms with E-state index in [1.807, 2.05) is 35.9 Å². The average molecular weight is 278 g/mol. The first kappa shape index (κ1) is 12.0. The predicted molar refractivity (Wildman–Crippen MR) is 79.2 cm³/mol. The van der Waals surface area contributed by atoms with E-state index in [9.17, 15) is 4.39 Å². The van der Waals surface area contributed by atoms with Crippen molar-refractivity contribution >= 4 is 22.1 Å². The third kappa shape index (κ3) is 1.86. The minimum absolute atomic E-state index is 0.320. The van der Waals surface area contributed by atoms with E-state index in [1.165, 1.54) is 12.1 Å². The van der Waals surface area contributed by atoms with Crippen LogP contribution in [0.5, 0.6) is 0 Å². The van der Waals surface area contributed by atoms with Gasteiger partial charge in [-0.15, -0.1) is 0 Å². The molecule has 4 rings (SSSR count). The number of aryl methyl sites for hydroxylation is 1. The van der Waals surface area contributed by atoms with Crippen LogP contribution in [-0.4, -0.2) is 19.5 Å². The Kier molecular flexibility index (Phi) is 2.47. The van der Waals surface area contributed by atoms with Crippen molar-refractivity contribution in [1.82, 2.24) is 19.5 Å². The number of benzene rings is 2. The highest BCUT2D eigenvalue weighted by Crippen LogP contribution is 2.23. The van der Waals surface area contributed by atoms with E-state index in [0.717, 1.165) is 16.9 Å². The Bertz CT molecular complexity index is 975. The minimum Gasteiger partial charge on any atom is -0.326 e. The van der Waals surface area contributed by atoms with Crippen molar-refractivity contribution < 1.29 is 4.39 Å². The van der Waals surface area contributed by atoms with Gasteiger partial charge in [0.1, 0.15) is 11.5 Å². The van der Waals surface area contributed by atoms with Crippen molar-refractivity contribution in [3.05, 3.63) is 54.5 Å². The van der Waals surface area contributed by atoms with Crippen LogP contribution >= 0.6 is 0 Å². The molecule has 0 saturated carbocycles. The number of hydrogen-bond donors (Lipinski definition) is 0. The van der Waals surface area contributed by atoms with Gasteiger partial charge in [-0.2, -0.15) is 0 Å². The molecule has 4 aromatic rings. The molecule has 2 heterocycles. The molecular formula is C16H11FN4. The first-order chi connectivity index (χ1) is 10.2. The summed E-state index contributed by atoms with van der Waals surface area (Å²) in [5.74, 6) is 0.397. The number of imidazole rings is 1. The highest BCUT2D eigenvalue weighted by Gasteiger charge is 2.11. The third-order valence-electron chi connectivity index (χ3n) is 3.52. The standard InChI is InChI=1S/C16H11FN4/c1-21-15-5-3-2-4-12(15)20-16(21)14-9-18-11-7-6-10(17)8-13(11)19-14/h2-9H,1H3. The molecule has 2 aromatic heterocycles. The summed E-state index contributed by atoms with van der Waals surface area (Å²) < 4.78 is 15.3. The molecule has 0 aliphatic heterocycles. The molecule has 0 aliphatic carbocycles. The smallest absolute Gasteiger partial charge is 0.161 e. The van der Waals surface area contributed by atoms with Crippen LogP contribution in [0.3, 0.4) is 0 Å². The largest absolute Gasteiger partial charge is 0.326 e. The van der Waals surface area contributed by atoms with Crippen molar-refractivity contribution in [2.45, 2.75) is 0 Å². The van der Waals surface area contributed by atoms with Crippen molar-refractivity contribution in [3.8, 4) is 11.5 Å². The van der Waals surface area contributed by atoms with Crippen LogP contribution in [0.2, 0.25) is 0 Å². The Labute approximate surface area is 119 Å². The summed E-state index contributed by atoms with van der Waals surface area (Å²) in [6.45, 7) is 0. The fourth-order valence-electron chi connectivity index (χ4n) is 2.47. The Morgan fingerprint density at radius 3 is 2.67 bits per heavy atom. The SMILES string of the molecule is Cn1c(-c2cnc3ccc(F)cc3n2)nc2ccccc21. The van der Waals surface area contributed by atoms with E-state index in [-0.39, 0.29) is 5.82 Å². The fourth-order valence-corrected chi connectivity index (χ4v) is 2.47. The molecule has 0 atom stereocenters. The third-order valence-corrected chi connectivity index (χ3v) is 3.52. The maximum absolute atomic E-state index is 13.3. The average Bonchev–Trinajstić information content (AvgIpc) is 2.84. The number of halogens is 1. The normalized spacial score (nSPS) is 11.3. The van der Waals surface area contributed by atoms with Gasteiger partial charge in [0.05, 0.1) is 28.3 Å². The maximum Gasteiger partial charge on any atom is 0.161 e. The second-order valence-electron chi connectivity index (χ2n) is 4.87. The van der Waals surface area contributed by atoms with Gasteiger partial charge in [-0.05, 0) is 24.3 Å². The molecule has 0 N–H and O–H groups in total. The molecule has 4 nitrogen and oxygen atoms in total. The minimum atomic E-state index is -0.320. The predicted octanol–water partition coefficient (Wildman–Crippen LogP) is 3.32. The molecule has 0 unspecified atom stereocenters.